The second-order valence-corrected chi connectivity index (χ2v) is 5.47. The molecule has 0 radical (unpaired) electrons. The minimum absolute atomic E-state index is 0.185. The van der Waals surface area contributed by atoms with Gasteiger partial charge >= 0.3 is 6.03 Å². The van der Waals surface area contributed by atoms with Gasteiger partial charge in [-0.3, -0.25) is 10.2 Å². The van der Waals surface area contributed by atoms with Crippen LogP contribution >= 0.6 is 0 Å². The monoisotopic (exact) mass is 327 g/mol. The zero-order valence-electron chi connectivity index (χ0n) is 13.7. The SMILES string of the molecule is CC(C)c1ccccc1OCC(=O)NNC(=O)Nc1ccccc1. The Labute approximate surface area is 141 Å². The van der Waals surface area contributed by atoms with Crippen LogP contribution in [0.4, 0.5) is 10.5 Å². The van der Waals surface area contributed by atoms with Crippen LogP contribution in [0.5, 0.6) is 5.75 Å². The van der Waals surface area contributed by atoms with Crippen molar-refractivity contribution < 1.29 is 14.3 Å². The molecule has 126 valence electrons. The molecule has 6 heteroatoms. The molecule has 0 saturated carbocycles. The molecule has 0 aliphatic carbocycles. The fourth-order valence-corrected chi connectivity index (χ4v) is 2.08. The van der Waals surface area contributed by atoms with Crippen molar-refractivity contribution in [1.82, 2.24) is 10.9 Å². The van der Waals surface area contributed by atoms with Gasteiger partial charge in [-0.1, -0.05) is 50.2 Å². The van der Waals surface area contributed by atoms with Crippen LogP contribution in [-0.4, -0.2) is 18.5 Å². The number of hydrogen-bond acceptors (Lipinski definition) is 3. The molecule has 6 nitrogen and oxygen atoms in total. The van der Waals surface area contributed by atoms with Gasteiger partial charge in [-0.25, -0.2) is 10.2 Å². The van der Waals surface area contributed by atoms with Crippen LogP contribution in [0.2, 0.25) is 0 Å². The Morgan fingerprint density at radius 3 is 2.33 bits per heavy atom. The second-order valence-electron chi connectivity index (χ2n) is 5.47. The number of carbonyl (C=O) groups is 2. The van der Waals surface area contributed by atoms with Gasteiger partial charge < -0.3 is 10.1 Å². The van der Waals surface area contributed by atoms with Gasteiger partial charge in [-0.2, -0.15) is 0 Å². The smallest absolute Gasteiger partial charge is 0.337 e. The minimum Gasteiger partial charge on any atom is -0.483 e. The fraction of sp³-hybridized carbons (Fsp3) is 0.222. The predicted octanol–water partition coefficient (Wildman–Crippen LogP) is 3.04. The van der Waals surface area contributed by atoms with E-state index >= 15 is 0 Å². The second kappa shape index (κ2) is 8.57. The van der Waals surface area contributed by atoms with Crippen molar-refractivity contribution in [1.29, 1.82) is 0 Å². The quantitative estimate of drug-likeness (QED) is 0.739. The van der Waals surface area contributed by atoms with Gasteiger partial charge in [0.1, 0.15) is 5.75 Å². The number of urea groups is 1. The van der Waals surface area contributed by atoms with Gasteiger partial charge in [-0.15, -0.1) is 0 Å². The van der Waals surface area contributed by atoms with Crippen LogP contribution in [0.3, 0.4) is 0 Å². The van der Waals surface area contributed by atoms with Crippen LogP contribution in [0.1, 0.15) is 25.3 Å². The molecule has 2 aromatic carbocycles. The van der Waals surface area contributed by atoms with Crippen LogP contribution in [0, 0.1) is 0 Å². The normalized spacial score (nSPS) is 10.1. The number of para-hydroxylation sites is 2. The molecule has 0 atom stereocenters. The number of rotatable bonds is 5. The zero-order chi connectivity index (χ0) is 17.4. The third-order valence-corrected chi connectivity index (χ3v) is 3.25. The Kier molecular flexibility index (Phi) is 6.19. The molecule has 3 amide bonds. The summed E-state index contributed by atoms with van der Waals surface area (Å²) in [6.07, 6.45) is 0. The van der Waals surface area contributed by atoms with Crippen LogP contribution in [-0.2, 0) is 4.79 Å². The molecule has 2 rings (SSSR count). The average Bonchev–Trinajstić information content (AvgIpc) is 2.59. The summed E-state index contributed by atoms with van der Waals surface area (Å²) in [4.78, 5) is 23.4. The standard InChI is InChI=1S/C18H21N3O3/c1-13(2)15-10-6-7-11-16(15)24-12-17(22)20-21-18(23)19-14-8-4-3-5-9-14/h3-11,13H,12H2,1-2H3,(H,20,22)(H2,19,21,23). The summed E-state index contributed by atoms with van der Waals surface area (Å²) in [5, 5.41) is 2.59. The van der Waals surface area contributed by atoms with E-state index in [1.54, 1.807) is 24.3 Å². The first kappa shape index (κ1) is 17.3. The molecular weight excluding hydrogens is 306 g/mol. The topological polar surface area (TPSA) is 79.5 Å². The Bertz CT molecular complexity index is 687. The molecule has 3 N–H and O–H groups in total. The Hall–Kier alpha value is -3.02. The van der Waals surface area contributed by atoms with Crippen molar-refractivity contribution in [3.8, 4) is 5.75 Å². The molecule has 0 heterocycles. The van der Waals surface area contributed by atoms with Crippen molar-refractivity contribution in [2.75, 3.05) is 11.9 Å². The summed E-state index contributed by atoms with van der Waals surface area (Å²) in [6.45, 7) is 3.92. The lowest BCUT2D eigenvalue weighted by Gasteiger charge is -2.14. The van der Waals surface area contributed by atoms with Gasteiger partial charge in [0.2, 0.25) is 0 Å². The molecule has 0 spiro atoms. The summed E-state index contributed by atoms with van der Waals surface area (Å²) in [5.74, 6) is 0.507. The molecule has 0 bridgehead atoms. The summed E-state index contributed by atoms with van der Waals surface area (Å²) < 4.78 is 5.53. The molecule has 0 unspecified atom stereocenters. The number of hydrogen-bond donors (Lipinski definition) is 3. The van der Waals surface area contributed by atoms with Gasteiger partial charge in [0, 0.05) is 5.69 Å². The maximum Gasteiger partial charge on any atom is 0.337 e. The highest BCUT2D eigenvalue weighted by Gasteiger charge is 2.10. The summed E-state index contributed by atoms with van der Waals surface area (Å²) in [6, 6.07) is 16.0. The highest BCUT2D eigenvalue weighted by molar-refractivity contribution is 5.91. The Morgan fingerprint density at radius 2 is 1.62 bits per heavy atom. The van der Waals surface area contributed by atoms with E-state index in [2.05, 4.69) is 30.0 Å². The largest absolute Gasteiger partial charge is 0.483 e. The van der Waals surface area contributed by atoms with Crippen LogP contribution in [0.25, 0.3) is 0 Å². The fourth-order valence-electron chi connectivity index (χ4n) is 2.08. The van der Waals surface area contributed by atoms with E-state index in [1.165, 1.54) is 0 Å². The molecule has 0 saturated heterocycles. The number of ether oxygens (including phenoxy) is 1. The van der Waals surface area contributed by atoms with Gasteiger partial charge in [0.25, 0.3) is 5.91 Å². The predicted molar refractivity (Wildman–Crippen MR) is 92.8 cm³/mol. The van der Waals surface area contributed by atoms with E-state index in [-0.39, 0.29) is 6.61 Å². The van der Waals surface area contributed by atoms with Crippen molar-refractivity contribution in [2.24, 2.45) is 0 Å². The van der Waals surface area contributed by atoms with E-state index in [1.807, 2.05) is 30.3 Å². The van der Waals surface area contributed by atoms with Gasteiger partial charge in [0.15, 0.2) is 6.61 Å². The average molecular weight is 327 g/mol. The maximum atomic E-state index is 11.8. The number of nitrogens with one attached hydrogen (secondary N) is 3. The van der Waals surface area contributed by atoms with Crippen molar-refractivity contribution in [3.63, 3.8) is 0 Å². The summed E-state index contributed by atoms with van der Waals surface area (Å²) >= 11 is 0. The third-order valence-electron chi connectivity index (χ3n) is 3.25. The van der Waals surface area contributed by atoms with E-state index in [0.717, 1.165) is 5.56 Å². The van der Waals surface area contributed by atoms with Gasteiger partial charge in [-0.05, 0) is 29.7 Å². The van der Waals surface area contributed by atoms with Crippen molar-refractivity contribution in [3.05, 3.63) is 60.2 Å². The first-order valence-corrected chi connectivity index (χ1v) is 7.69. The number of anilines is 1. The molecule has 24 heavy (non-hydrogen) atoms. The molecule has 0 fully saturated rings. The number of amides is 3. The zero-order valence-corrected chi connectivity index (χ0v) is 13.7. The van der Waals surface area contributed by atoms with E-state index in [4.69, 9.17) is 4.74 Å². The molecular formula is C18H21N3O3. The Balaban J connectivity index is 1.77. The summed E-state index contributed by atoms with van der Waals surface area (Å²) in [7, 11) is 0. The third kappa shape index (κ3) is 5.31. The highest BCUT2D eigenvalue weighted by atomic mass is 16.5. The number of hydrazine groups is 1. The molecule has 0 aliphatic heterocycles. The highest BCUT2D eigenvalue weighted by Crippen LogP contribution is 2.25. The lowest BCUT2D eigenvalue weighted by atomic mass is 10.0. The lowest BCUT2D eigenvalue weighted by molar-refractivity contribution is -0.123. The Morgan fingerprint density at radius 1 is 0.958 bits per heavy atom. The van der Waals surface area contributed by atoms with Crippen molar-refractivity contribution in [2.45, 2.75) is 19.8 Å². The minimum atomic E-state index is -0.530. The maximum absolute atomic E-state index is 11.8. The first-order chi connectivity index (χ1) is 11.6. The molecule has 0 aromatic heterocycles. The number of benzene rings is 2. The van der Waals surface area contributed by atoms with E-state index < -0.39 is 11.9 Å². The lowest BCUT2D eigenvalue weighted by Crippen LogP contribution is -2.45. The van der Waals surface area contributed by atoms with Crippen LogP contribution in [0.15, 0.2) is 54.6 Å². The number of carbonyl (C=O) groups excluding carboxylic acids is 2. The van der Waals surface area contributed by atoms with E-state index in [0.29, 0.717) is 17.4 Å². The van der Waals surface area contributed by atoms with Crippen LogP contribution < -0.4 is 20.9 Å². The van der Waals surface area contributed by atoms with Gasteiger partial charge in [0.05, 0.1) is 0 Å². The van der Waals surface area contributed by atoms with Crippen molar-refractivity contribution >= 4 is 17.6 Å². The summed E-state index contributed by atoms with van der Waals surface area (Å²) in [5.41, 5.74) is 6.23. The molecule has 2 aromatic rings. The molecule has 0 aliphatic rings. The van der Waals surface area contributed by atoms with E-state index in [9.17, 15) is 9.59 Å². The first-order valence-electron chi connectivity index (χ1n) is 7.69.